The number of rotatable bonds is 5. The maximum atomic E-state index is 13.8. The second-order valence-electron chi connectivity index (χ2n) is 7.49. The number of aryl methyl sites for hydroxylation is 1. The van der Waals surface area contributed by atoms with Crippen molar-refractivity contribution in [2.24, 2.45) is 0 Å². The molecule has 1 aromatic heterocycles. The topological polar surface area (TPSA) is 70.2 Å². The van der Waals surface area contributed by atoms with Crippen molar-refractivity contribution in [1.29, 1.82) is 0 Å². The summed E-state index contributed by atoms with van der Waals surface area (Å²) in [5, 5.41) is 5.68. The molecule has 1 fully saturated rings. The van der Waals surface area contributed by atoms with Gasteiger partial charge in [-0.1, -0.05) is 6.07 Å². The number of anilines is 4. The van der Waals surface area contributed by atoms with Gasteiger partial charge in [0, 0.05) is 36.2 Å². The fraction of sp³-hybridized carbons (Fsp3) is 0.261. The molecule has 3 aromatic rings. The van der Waals surface area contributed by atoms with E-state index in [0.29, 0.717) is 11.6 Å². The molecule has 160 valence electrons. The van der Waals surface area contributed by atoms with Gasteiger partial charge in [0.1, 0.15) is 23.0 Å². The third-order valence-corrected chi connectivity index (χ3v) is 5.11. The van der Waals surface area contributed by atoms with Crippen LogP contribution in [0.5, 0.6) is 0 Å². The molecular formula is C23H23F2N5O. The first-order valence-corrected chi connectivity index (χ1v) is 10.2. The van der Waals surface area contributed by atoms with Crippen LogP contribution in [-0.2, 0) is 0 Å². The molecule has 2 heterocycles. The van der Waals surface area contributed by atoms with E-state index < -0.39 is 23.1 Å². The van der Waals surface area contributed by atoms with E-state index in [9.17, 15) is 13.6 Å². The van der Waals surface area contributed by atoms with Crippen LogP contribution in [0.25, 0.3) is 0 Å². The summed E-state index contributed by atoms with van der Waals surface area (Å²) in [6.07, 6.45) is 3.57. The van der Waals surface area contributed by atoms with Crippen molar-refractivity contribution in [3.8, 4) is 0 Å². The molecule has 31 heavy (non-hydrogen) atoms. The Hall–Kier alpha value is -3.55. The quantitative estimate of drug-likeness (QED) is 0.601. The molecular weight excluding hydrogens is 400 g/mol. The molecule has 1 aliphatic rings. The van der Waals surface area contributed by atoms with E-state index in [1.54, 1.807) is 24.3 Å². The molecule has 0 unspecified atom stereocenters. The number of benzene rings is 2. The molecule has 0 spiro atoms. The Bertz CT molecular complexity index is 1060. The molecule has 2 N–H and O–H groups in total. The monoisotopic (exact) mass is 423 g/mol. The van der Waals surface area contributed by atoms with Crippen LogP contribution < -0.4 is 15.5 Å². The van der Waals surface area contributed by atoms with Gasteiger partial charge in [0.2, 0.25) is 5.95 Å². The summed E-state index contributed by atoms with van der Waals surface area (Å²) in [5.74, 6) is -1.26. The van der Waals surface area contributed by atoms with Gasteiger partial charge in [-0.3, -0.25) is 4.79 Å². The summed E-state index contributed by atoms with van der Waals surface area (Å²) in [6.45, 7) is 3.92. The number of amides is 1. The van der Waals surface area contributed by atoms with Crippen molar-refractivity contribution >= 4 is 29.0 Å². The fourth-order valence-corrected chi connectivity index (χ4v) is 3.57. The SMILES string of the molecule is Cc1cc(N2CCCCC2)nc(Nc2ccc(NC(=O)c3c(F)cccc3F)cc2)n1. The molecule has 0 atom stereocenters. The van der Waals surface area contributed by atoms with Gasteiger partial charge in [-0.05, 0) is 62.6 Å². The third-order valence-electron chi connectivity index (χ3n) is 5.11. The number of aromatic nitrogens is 2. The number of halogens is 2. The van der Waals surface area contributed by atoms with E-state index in [2.05, 4.69) is 25.5 Å². The molecule has 0 bridgehead atoms. The highest BCUT2D eigenvalue weighted by molar-refractivity contribution is 6.04. The molecule has 0 saturated carbocycles. The molecule has 0 aliphatic carbocycles. The molecule has 8 heteroatoms. The standard InChI is InChI=1S/C23H23F2N5O/c1-15-14-20(30-12-3-2-4-13-30)29-23(26-15)28-17-10-8-16(9-11-17)27-22(31)21-18(24)6-5-7-19(21)25/h5-11,14H,2-4,12-13H2,1H3,(H,27,31)(H,26,28,29). The number of piperidine rings is 1. The van der Waals surface area contributed by atoms with Crippen molar-refractivity contribution < 1.29 is 13.6 Å². The fourth-order valence-electron chi connectivity index (χ4n) is 3.57. The minimum Gasteiger partial charge on any atom is -0.356 e. The van der Waals surface area contributed by atoms with E-state index >= 15 is 0 Å². The minimum absolute atomic E-state index is 0.414. The predicted molar refractivity (Wildman–Crippen MR) is 117 cm³/mol. The van der Waals surface area contributed by atoms with Crippen LogP contribution in [0.15, 0.2) is 48.5 Å². The summed E-state index contributed by atoms with van der Waals surface area (Å²) < 4.78 is 27.6. The maximum Gasteiger partial charge on any atom is 0.261 e. The molecule has 1 aliphatic heterocycles. The Labute approximate surface area is 179 Å². The summed E-state index contributed by atoms with van der Waals surface area (Å²) in [6, 6.07) is 12.0. The largest absolute Gasteiger partial charge is 0.356 e. The number of hydrogen-bond donors (Lipinski definition) is 2. The van der Waals surface area contributed by atoms with Crippen LogP contribution >= 0.6 is 0 Å². The number of nitrogens with zero attached hydrogens (tertiary/aromatic N) is 3. The molecule has 1 amide bonds. The van der Waals surface area contributed by atoms with E-state index in [1.165, 1.54) is 12.5 Å². The molecule has 6 nitrogen and oxygen atoms in total. The van der Waals surface area contributed by atoms with Gasteiger partial charge in [0.05, 0.1) is 0 Å². The van der Waals surface area contributed by atoms with Crippen molar-refractivity contribution in [1.82, 2.24) is 9.97 Å². The number of carbonyl (C=O) groups excluding carboxylic acids is 1. The van der Waals surface area contributed by atoms with Crippen LogP contribution in [-0.4, -0.2) is 29.0 Å². The number of carbonyl (C=O) groups is 1. The Morgan fingerprint density at radius 3 is 2.26 bits per heavy atom. The van der Waals surface area contributed by atoms with Gasteiger partial charge in [-0.25, -0.2) is 13.8 Å². The summed E-state index contributed by atoms with van der Waals surface area (Å²) in [5.41, 5.74) is 1.40. The first-order valence-electron chi connectivity index (χ1n) is 10.2. The minimum atomic E-state index is -0.906. The average Bonchev–Trinajstić information content (AvgIpc) is 2.75. The Morgan fingerprint density at radius 2 is 1.58 bits per heavy atom. The highest BCUT2D eigenvalue weighted by Gasteiger charge is 2.17. The Morgan fingerprint density at radius 1 is 0.935 bits per heavy atom. The highest BCUT2D eigenvalue weighted by Crippen LogP contribution is 2.23. The van der Waals surface area contributed by atoms with Crippen LogP contribution in [0, 0.1) is 18.6 Å². The number of hydrogen-bond acceptors (Lipinski definition) is 5. The summed E-state index contributed by atoms with van der Waals surface area (Å²) in [7, 11) is 0. The van der Waals surface area contributed by atoms with E-state index in [1.807, 2.05) is 13.0 Å². The summed E-state index contributed by atoms with van der Waals surface area (Å²) in [4.78, 5) is 23.6. The van der Waals surface area contributed by atoms with Gasteiger partial charge in [0.15, 0.2) is 0 Å². The lowest BCUT2D eigenvalue weighted by Gasteiger charge is -2.28. The average molecular weight is 423 g/mol. The second kappa shape index (κ2) is 9.07. The van der Waals surface area contributed by atoms with Gasteiger partial charge in [-0.15, -0.1) is 0 Å². The number of nitrogens with one attached hydrogen (secondary N) is 2. The zero-order valence-electron chi connectivity index (χ0n) is 17.2. The van der Waals surface area contributed by atoms with Crippen LogP contribution in [0.4, 0.5) is 31.9 Å². The van der Waals surface area contributed by atoms with Gasteiger partial charge in [0.25, 0.3) is 5.91 Å². The van der Waals surface area contributed by atoms with Crippen molar-refractivity contribution in [2.45, 2.75) is 26.2 Å². The van der Waals surface area contributed by atoms with Gasteiger partial charge < -0.3 is 15.5 Å². The van der Waals surface area contributed by atoms with Gasteiger partial charge in [-0.2, -0.15) is 4.98 Å². The lowest BCUT2D eigenvalue weighted by molar-refractivity contribution is 0.101. The second-order valence-corrected chi connectivity index (χ2v) is 7.49. The molecule has 1 saturated heterocycles. The first kappa shape index (κ1) is 20.7. The lowest BCUT2D eigenvalue weighted by atomic mass is 10.1. The van der Waals surface area contributed by atoms with Crippen molar-refractivity contribution in [3.63, 3.8) is 0 Å². The van der Waals surface area contributed by atoms with Crippen molar-refractivity contribution in [2.75, 3.05) is 28.6 Å². The Kier molecular flexibility index (Phi) is 6.06. The smallest absolute Gasteiger partial charge is 0.261 e. The first-order chi connectivity index (χ1) is 15.0. The normalized spacial score (nSPS) is 13.7. The Balaban J connectivity index is 1.45. The third kappa shape index (κ3) is 4.96. The molecule has 0 radical (unpaired) electrons. The van der Waals surface area contributed by atoms with Gasteiger partial charge >= 0.3 is 0 Å². The highest BCUT2D eigenvalue weighted by atomic mass is 19.1. The predicted octanol–water partition coefficient (Wildman–Crippen LogP) is 5.05. The van der Waals surface area contributed by atoms with E-state index in [-0.39, 0.29) is 0 Å². The van der Waals surface area contributed by atoms with Crippen LogP contribution in [0.2, 0.25) is 0 Å². The molecule has 2 aromatic carbocycles. The lowest BCUT2D eigenvalue weighted by Crippen LogP contribution is -2.30. The maximum absolute atomic E-state index is 13.8. The summed E-state index contributed by atoms with van der Waals surface area (Å²) >= 11 is 0. The zero-order chi connectivity index (χ0) is 21.8. The zero-order valence-corrected chi connectivity index (χ0v) is 17.2. The van der Waals surface area contributed by atoms with Crippen molar-refractivity contribution in [3.05, 3.63) is 71.4 Å². The molecule has 4 rings (SSSR count). The van der Waals surface area contributed by atoms with Crippen LogP contribution in [0.3, 0.4) is 0 Å². The van der Waals surface area contributed by atoms with E-state index in [0.717, 1.165) is 55.3 Å². The van der Waals surface area contributed by atoms with Crippen LogP contribution in [0.1, 0.15) is 35.3 Å². The van der Waals surface area contributed by atoms with E-state index in [4.69, 9.17) is 0 Å².